The SMILES string of the molecule is CNS(=O)(=O)c1ccc(CCC(=O)NC(Cc2ccccc2)C(=O)NC2CC2)cc1. The lowest BCUT2D eigenvalue weighted by atomic mass is 10.0. The van der Waals surface area contributed by atoms with Crippen molar-refractivity contribution in [3.63, 3.8) is 0 Å². The van der Waals surface area contributed by atoms with Crippen LogP contribution in [-0.4, -0.2) is 39.4 Å². The molecule has 2 aromatic carbocycles. The number of carbonyl (C=O) groups excluding carboxylic acids is 2. The second-order valence-electron chi connectivity index (χ2n) is 7.44. The molecule has 0 radical (unpaired) electrons. The van der Waals surface area contributed by atoms with Gasteiger partial charge in [0.25, 0.3) is 0 Å². The number of sulfonamides is 1. The number of aryl methyl sites for hydroxylation is 1. The second kappa shape index (κ2) is 9.86. The maximum Gasteiger partial charge on any atom is 0.243 e. The molecule has 1 saturated carbocycles. The Morgan fingerprint density at radius 1 is 1.00 bits per heavy atom. The first kappa shape index (κ1) is 22.0. The van der Waals surface area contributed by atoms with Crippen LogP contribution < -0.4 is 15.4 Å². The Morgan fingerprint density at radius 3 is 2.27 bits per heavy atom. The highest BCUT2D eigenvalue weighted by Crippen LogP contribution is 2.19. The Morgan fingerprint density at radius 2 is 1.67 bits per heavy atom. The van der Waals surface area contributed by atoms with E-state index in [9.17, 15) is 18.0 Å². The molecule has 2 aromatic rings. The van der Waals surface area contributed by atoms with Crippen LogP contribution in [0.4, 0.5) is 0 Å². The fourth-order valence-electron chi connectivity index (χ4n) is 3.07. The summed E-state index contributed by atoms with van der Waals surface area (Å²) in [5.41, 5.74) is 1.83. The minimum atomic E-state index is -3.48. The van der Waals surface area contributed by atoms with E-state index in [0.717, 1.165) is 24.0 Å². The molecule has 0 bridgehead atoms. The number of hydrogen-bond acceptors (Lipinski definition) is 4. The van der Waals surface area contributed by atoms with Gasteiger partial charge in [-0.1, -0.05) is 42.5 Å². The van der Waals surface area contributed by atoms with Gasteiger partial charge in [0.1, 0.15) is 6.04 Å². The number of amides is 2. The van der Waals surface area contributed by atoms with Gasteiger partial charge in [0.15, 0.2) is 0 Å². The Labute approximate surface area is 177 Å². The maximum absolute atomic E-state index is 12.6. The maximum atomic E-state index is 12.6. The number of hydrogen-bond donors (Lipinski definition) is 3. The van der Waals surface area contributed by atoms with Crippen LogP contribution in [0.3, 0.4) is 0 Å². The molecule has 1 atom stereocenters. The van der Waals surface area contributed by atoms with Crippen molar-refractivity contribution in [1.29, 1.82) is 0 Å². The second-order valence-corrected chi connectivity index (χ2v) is 9.33. The van der Waals surface area contributed by atoms with Gasteiger partial charge >= 0.3 is 0 Å². The van der Waals surface area contributed by atoms with Gasteiger partial charge in [-0.05, 0) is 49.6 Å². The first-order chi connectivity index (χ1) is 14.4. The Bertz CT molecular complexity index is 971. The molecule has 0 spiro atoms. The standard InChI is InChI=1S/C22H27N3O4S/c1-23-30(28,29)19-12-7-16(8-13-19)9-14-21(26)25-20(22(27)24-18-10-11-18)15-17-5-3-2-4-6-17/h2-8,12-13,18,20,23H,9-11,14-15H2,1H3,(H,24,27)(H,25,26). The summed E-state index contributed by atoms with van der Waals surface area (Å²) in [6.07, 6.45) is 3.06. The summed E-state index contributed by atoms with van der Waals surface area (Å²) in [4.78, 5) is 25.3. The minimum absolute atomic E-state index is 0.156. The molecule has 1 aliphatic rings. The van der Waals surface area contributed by atoms with Crippen molar-refractivity contribution in [3.05, 3.63) is 65.7 Å². The van der Waals surface area contributed by atoms with Crippen molar-refractivity contribution in [1.82, 2.24) is 15.4 Å². The lowest BCUT2D eigenvalue weighted by Crippen LogP contribution is -2.48. The molecule has 3 rings (SSSR count). The molecule has 30 heavy (non-hydrogen) atoms. The van der Waals surface area contributed by atoms with Crippen LogP contribution in [0, 0.1) is 0 Å². The van der Waals surface area contributed by atoms with E-state index in [2.05, 4.69) is 15.4 Å². The summed E-state index contributed by atoms with van der Waals surface area (Å²) in [5, 5.41) is 5.82. The average Bonchev–Trinajstić information content (AvgIpc) is 3.57. The number of nitrogens with one attached hydrogen (secondary N) is 3. The van der Waals surface area contributed by atoms with E-state index >= 15 is 0 Å². The largest absolute Gasteiger partial charge is 0.352 e. The van der Waals surface area contributed by atoms with Crippen molar-refractivity contribution >= 4 is 21.8 Å². The van der Waals surface area contributed by atoms with E-state index in [1.807, 2.05) is 30.3 Å². The molecule has 0 heterocycles. The first-order valence-electron chi connectivity index (χ1n) is 10.0. The van der Waals surface area contributed by atoms with Gasteiger partial charge < -0.3 is 10.6 Å². The van der Waals surface area contributed by atoms with Crippen molar-refractivity contribution in [2.24, 2.45) is 0 Å². The summed E-state index contributed by atoms with van der Waals surface area (Å²) in [6.45, 7) is 0. The quantitative estimate of drug-likeness (QED) is 0.533. The predicted octanol–water partition coefficient (Wildman–Crippen LogP) is 1.53. The van der Waals surface area contributed by atoms with Gasteiger partial charge in [-0.3, -0.25) is 9.59 Å². The third-order valence-electron chi connectivity index (χ3n) is 5.00. The van der Waals surface area contributed by atoms with Gasteiger partial charge in [0.05, 0.1) is 4.90 Å². The van der Waals surface area contributed by atoms with E-state index in [0.29, 0.717) is 12.8 Å². The van der Waals surface area contributed by atoms with Gasteiger partial charge in [-0.15, -0.1) is 0 Å². The number of carbonyl (C=O) groups is 2. The molecule has 0 saturated heterocycles. The van der Waals surface area contributed by atoms with Crippen molar-refractivity contribution in [2.45, 2.75) is 49.1 Å². The van der Waals surface area contributed by atoms with Crippen molar-refractivity contribution < 1.29 is 18.0 Å². The van der Waals surface area contributed by atoms with Crippen LogP contribution >= 0.6 is 0 Å². The molecule has 8 heteroatoms. The molecule has 7 nitrogen and oxygen atoms in total. The molecule has 1 fully saturated rings. The monoisotopic (exact) mass is 429 g/mol. The average molecular weight is 430 g/mol. The topological polar surface area (TPSA) is 104 Å². The highest BCUT2D eigenvalue weighted by atomic mass is 32.2. The van der Waals surface area contributed by atoms with E-state index in [4.69, 9.17) is 0 Å². The molecule has 3 N–H and O–H groups in total. The zero-order valence-electron chi connectivity index (χ0n) is 16.9. The summed E-state index contributed by atoms with van der Waals surface area (Å²) in [5.74, 6) is -0.370. The van der Waals surface area contributed by atoms with Crippen molar-refractivity contribution in [3.8, 4) is 0 Å². The zero-order chi connectivity index (χ0) is 21.6. The number of benzene rings is 2. The normalized spacial score (nSPS) is 14.7. The Balaban J connectivity index is 1.57. The van der Waals surface area contributed by atoms with E-state index in [1.54, 1.807) is 12.1 Å². The predicted molar refractivity (Wildman–Crippen MR) is 114 cm³/mol. The minimum Gasteiger partial charge on any atom is -0.352 e. The third-order valence-corrected chi connectivity index (χ3v) is 6.43. The lowest BCUT2D eigenvalue weighted by Gasteiger charge is -2.18. The highest BCUT2D eigenvalue weighted by Gasteiger charge is 2.28. The van der Waals surface area contributed by atoms with Gasteiger partial charge in [-0.2, -0.15) is 0 Å². The highest BCUT2D eigenvalue weighted by molar-refractivity contribution is 7.89. The van der Waals surface area contributed by atoms with Crippen LogP contribution in [0.5, 0.6) is 0 Å². The van der Waals surface area contributed by atoms with Crippen LogP contribution in [0.25, 0.3) is 0 Å². The van der Waals surface area contributed by atoms with Crippen LogP contribution in [0.15, 0.2) is 59.5 Å². The molecular weight excluding hydrogens is 402 g/mol. The molecular formula is C22H27N3O4S. The van der Waals surface area contributed by atoms with E-state index in [-0.39, 0.29) is 29.2 Å². The first-order valence-corrected chi connectivity index (χ1v) is 11.5. The Kier molecular flexibility index (Phi) is 7.23. The fourth-order valence-corrected chi connectivity index (χ4v) is 3.80. The summed E-state index contributed by atoms with van der Waals surface area (Å²) < 4.78 is 25.8. The van der Waals surface area contributed by atoms with Crippen molar-refractivity contribution in [2.75, 3.05) is 7.05 Å². The molecule has 160 valence electrons. The van der Waals surface area contributed by atoms with Crippen LogP contribution in [0.1, 0.15) is 30.4 Å². The van der Waals surface area contributed by atoms with Gasteiger partial charge in [-0.25, -0.2) is 13.1 Å². The molecule has 1 unspecified atom stereocenters. The summed E-state index contributed by atoms with van der Waals surface area (Å²) in [6, 6.07) is 15.6. The van der Waals surface area contributed by atoms with Crippen LogP contribution in [-0.2, 0) is 32.5 Å². The van der Waals surface area contributed by atoms with Crippen LogP contribution in [0.2, 0.25) is 0 Å². The van der Waals surface area contributed by atoms with E-state index in [1.165, 1.54) is 19.2 Å². The Hall–Kier alpha value is -2.71. The number of rotatable bonds is 10. The third kappa shape index (κ3) is 6.40. The lowest BCUT2D eigenvalue weighted by molar-refractivity contribution is -0.129. The molecule has 1 aliphatic carbocycles. The molecule has 0 aliphatic heterocycles. The summed E-state index contributed by atoms with van der Waals surface area (Å²) in [7, 11) is -2.12. The smallest absolute Gasteiger partial charge is 0.243 e. The van der Waals surface area contributed by atoms with Gasteiger partial charge in [0.2, 0.25) is 21.8 Å². The fraction of sp³-hybridized carbons (Fsp3) is 0.364. The zero-order valence-corrected chi connectivity index (χ0v) is 17.7. The summed E-state index contributed by atoms with van der Waals surface area (Å²) >= 11 is 0. The molecule has 2 amide bonds. The van der Waals surface area contributed by atoms with E-state index < -0.39 is 16.1 Å². The van der Waals surface area contributed by atoms with Gasteiger partial charge in [0, 0.05) is 18.9 Å². The molecule has 0 aromatic heterocycles.